The molecule has 1 rings (SSSR count). The molecule has 0 radical (unpaired) electrons. The Hall–Kier alpha value is -1.06. The normalized spacial score (nSPS) is 13.2. The molecule has 0 saturated carbocycles. The van der Waals surface area contributed by atoms with Crippen LogP contribution < -0.4 is 4.74 Å². The molecule has 0 aliphatic carbocycles. The first-order chi connectivity index (χ1) is 9.88. The van der Waals surface area contributed by atoms with Crippen LogP contribution in [0.5, 0.6) is 5.75 Å². The van der Waals surface area contributed by atoms with Crippen molar-refractivity contribution in [3.63, 3.8) is 0 Å². The zero-order valence-corrected chi connectivity index (χ0v) is 14.2. The molecule has 3 heteroatoms. The Balaban J connectivity index is 2.46. The van der Waals surface area contributed by atoms with Crippen molar-refractivity contribution < 1.29 is 9.84 Å². The molecule has 1 N–H and O–H groups in total. The van der Waals surface area contributed by atoms with E-state index in [9.17, 15) is 5.11 Å². The Morgan fingerprint density at radius 1 is 1.00 bits per heavy atom. The highest BCUT2D eigenvalue weighted by Gasteiger charge is 2.15. The number of aliphatic hydroxyl groups excluding tert-OH is 1. The van der Waals surface area contributed by atoms with Crippen LogP contribution in [-0.4, -0.2) is 42.4 Å². The lowest BCUT2D eigenvalue weighted by molar-refractivity contribution is 0.0599. The minimum absolute atomic E-state index is 0.345. The number of hydrogen-bond acceptors (Lipinski definition) is 3. The van der Waals surface area contributed by atoms with Gasteiger partial charge in [0, 0.05) is 19.6 Å². The fraction of sp³-hybridized carbons (Fsp3) is 0.667. The molecule has 0 saturated heterocycles. The first kappa shape index (κ1) is 18.0. The molecule has 0 amide bonds. The summed E-state index contributed by atoms with van der Waals surface area (Å²) in [6, 6.07) is 7.91. The van der Waals surface area contributed by atoms with Crippen molar-refractivity contribution in [2.75, 3.05) is 26.2 Å². The largest absolute Gasteiger partial charge is 0.491 e. The summed E-state index contributed by atoms with van der Waals surface area (Å²) in [4.78, 5) is 2.33. The van der Waals surface area contributed by atoms with Crippen LogP contribution in [0.2, 0.25) is 0 Å². The Labute approximate surface area is 129 Å². The maximum absolute atomic E-state index is 10.2. The van der Waals surface area contributed by atoms with Crippen molar-refractivity contribution >= 4 is 0 Å². The summed E-state index contributed by atoms with van der Waals surface area (Å²) < 4.78 is 5.73. The van der Waals surface area contributed by atoms with E-state index < -0.39 is 6.10 Å². The lowest BCUT2D eigenvalue weighted by Gasteiger charge is -2.28. The van der Waals surface area contributed by atoms with Crippen molar-refractivity contribution in [3.8, 4) is 5.75 Å². The van der Waals surface area contributed by atoms with Gasteiger partial charge in [-0.15, -0.1) is 0 Å². The maximum atomic E-state index is 10.2. The summed E-state index contributed by atoms with van der Waals surface area (Å²) in [6.07, 6.45) is -0.456. The first-order valence-corrected chi connectivity index (χ1v) is 7.97. The van der Waals surface area contributed by atoms with Crippen LogP contribution in [0.4, 0.5) is 0 Å². The molecule has 0 unspecified atom stereocenters. The fourth-order valence-electron chi connectivity index (χ4n) is 2.51. The van der Waals surface area contributed by atoms with Gasteiger partial charge in [-0.3, -0.25) is 0 Å². The van der Waals surface area contributed by atoms with Gasteiger partial charge in [0.05, 0.1) is 0 Å². The molecule has 0 heterocycles. The van der Waals surface area contributed by atoms with Gasteiger partial charge in [0.1, 0.15) is 18.5 Å². The van der Waals surface area contributed by atoms with Gasteiger partial charge >= 0.3 is 0 Å². The molecule has 0 aliphatic heterocycles. The number of hydrogen-bond donors (Lipinski definition) is 1. The molecule has 1 aromatic rings. The van der Waals surface area contributed by atoms with Crippen LogP contribution in [0.3, 0.4) is 0 Å². The Morgan fingerprint density at radius 2 is 1.57 bits per heavy atom. The lowest BCUT2D eigenvalue weighted by atomic mass is 10.1. The van der Waals surface area contributed by atoms with Crippen molar-refractivity contribution in [1.82, 2.24) is 4.90 Å². The van der Waals surface area contributed by atoms with Crippen LogP contribution in [0.15, 0.2) is 24.3 Å². The van der Waals surface area contributed by atoms with E-state index in [1.165, 1.54) is 0 Å². The summed E-state index contributed by atoms with van der Waals surface area (Å²) in [7, 11) is 0. The molecule has 0 spiro atoms. The van der Waals surface area contributed by atoms with E-state index in [1.54, 1.807) is 0 Å². The SMILES string of the molecule is Cc1ccccc1OC[C@@H](O)CN(CC(C)C)CC(C)C. The van der Waals surface area contributed by atoms with Crippen LogP contribution in [0.1, 0.15) is 33.3 Å². The quantitative estimate of drug-likeness (QED) is 0.758. The molecule has 21 heavy (non-hydrogen) atoms. The highest BCUT2D eigenvalue weighted by molar-refractivity contribution is 5.31. The highest BCUT2D eigenvalue weighted by atomic mass is 16.5. The van der Waals surface area contributed by atoms with E-state index in [1.807, 2.05) is 31.2 Å². The van der Waals surface area contributed by atoms with Gasteiger partial charge in [-0.05, 0) is 30.4 Å². The number of aryl methyl sites for hydroxylation is 1. The van der Waals surface area contributed by atoms with Gasteiger partial charge in [0.2, 0.25) is 0 Å². The Kier molecular flexibility index (Phi) is 7.76. The molecule has 0 bridgehead atoms. The highest BCUT2D eigenvalue weighted by Crippen LogP contribution is 2.16. The molecular formula is C18H31NO2. The number of benzene rings is 1. The van der Waals surface area contributed by atoms with Gasteiger partial charge in [-0.25, -0.2) is 0 Å². The van der Waals surface area contributed by atoms with Gasteiger partial charge in [-0.2, -0.15) is 0 Å². The molecule has 1 aromatic carbocycles. The Morgan fingerprint density at radius 3 is 2.10 bits per heavy atom. The Bertz CT molecular complexity index is 394. The van der Waals surface area contributed by atoms with Gasteiger partial charge in [0.15, 0.2) is 0 Å². The number of para-hydroxylation sites is 1. The smallest absolute Gasteiger partial charge is 0.122 e. The zero-order chi connectivity index (χ0) is 15.8. The lowest BCUT2D eigenvalue weighted by Crippen LogP contribution is -2.39. The number of ether oxygens (including phenoxy) is 1. The number of aliphatic hydroxyl groups is 1. The van der Waals surface area contributed by atoms with E-state index in [4.69, 9.17) is 4.74 Å². The standard InChI is InChI=1S/C18H31NO2/c1-14(2)10-19(11-15(3)4)12-17(20)13-21-18-9-7-6-8-16(18)5/h6-9,14-15,17,20H,10-13H2,1-5H3/t17-/m0/s1. The van der Waals surface area contributed by atoms with Crippen LogP contribution in [0.25, 0.3) is 0 Å². The van der Waals surface area contributed by atoms with Crippen LogP contribution in [0, 0.1) is 18.8 Å². The van der Waals surface area contributed by atoms with E-state index in [0.717, 1.165) is 24.4 Å². The maximum Gasteiger partial charge on any atom is 0.122 e. The summed E-state index contributed by atoms with van der Waals surface area (Å²) in [5, 5.41) is 10.2. The second-order valence-corrected chi connectivity index (χ2v) is 6.74. The third-order valence-electron chi connectivity index (χ3n) is 3.24. The average Bonchev–Trinajstić information content (AvgIpc) is 2.36. The van der Waals surface area contributed by atoms with E-state index in [-0.39, 0.29) is 0 Å². The van der Waals surface area contributed by atoms with Crippen LogP contribution >= 0.6 is 0 Å². The summed E-state index contributed by atoms with van der Waals surface area (Å²) in [5.74, 6) is 2.07. The van der Waals surface area contributed by atoms with Crippen molar-refractivity contribution in [2.24, 2.45) is 11.8 Å². The number of nitrogens with zero attached hydrogens (tertiary/aromatic N) is 1. The molecule has 1 atom stereocenters. The minimum atomic E-state index is -0.456. The molecule has 120 valence electrons. The topological polar surface area (TPSA) is 32.7 Å². The summed E-state index contributed by atoms with van der Waals surface area (Å²) in [6.45, 7) is 13.9. The summed E-state index contributed by atoms with van der Waals surface area (Å²) >= 11 is 0. The average molecular weight is 293 g/mol. The molecule has 0 aromatic heterocycles. The molecule has 0 aliphatic rings. The number of rotatable bonds is 9. The van der Waals surface area contributed by atoms with Crippen molar-refractivity contribution in [2.45, 2.75) is 40.7 Å². The van der Waals surface area contributed by atoms with Gasteiger partial charge < -0.3 is 14.7 Å². The monoisotopic (exact) mass is 293 g/mol. The predicted molar refractivity (Wildman–Crippen MR) is 88.8 cm³/mol. The summed E-state index contributed by atoms with van der Waals surface area (Å²) in [5.41, 5.74) is 1.10. The predicted octanol–water partition coefficient (Wildman–Crippen LogP) is 3.35. The minimum Gasteiger partial charge on any atom is -0.491 e. The first-order valence-electron chi connectivity index (χ1n) is 7.97. The van der Waals surface area contributed by atoms with Crippen molar-refractivity contribution in [1.29, 1.82) is 0 Å². The molecule has 0 fully saturated rings. The van der Waals surface area contributed by atoms with Gasteiger partial charge in [-0.1, -0.05) is 45.9 Å². The second-order valence-electron chi connectivity index (χ2n) is 6.74. The van der Waals surface area contributed by atoms with E-state index >= 15 is 0 Å². The van der Waals surface area contributed by atoms with Crippen LogP contribution in [-0.2, 0) is 0 Å². The second kappa shape index (κ2) is 9.06. The van der Waals surface area contributed by atoms with Crippen molar-refractivity contribution in [3.05, 3.63) is 29.8 Å². The molecule has 3 nitrogen and oxygen atoms in total. The van der Waals surface area contributed by atoms with E-state index in [2.05, 4.69) is 32.6 Å². The fourth-order valence-corrected chi connectivity index (χ4v) is 2.51. The molecular weight excluding hydrogens is 262 g/mol. The van der Waals surface area contributed by atoms with E-state index in [0.29, 0.717) is 25.0 Å². The third kappa shape index (κ3) is 7.49. The van der Waals surface area contributed by atoms with Gasteiger partial charge in [0.25, 0.3) is 0 Å². The third-order valence-corrected chi connectivity index (χ3v) is 3.24. The zero-order valence-electron chi connectivity index (χ0n) is 14.2.